The number of hydrogen-bond acceptors (Lipinski definition) is 3. The third kappa shape index (κ3) is 2.08. The largest absolute Gasteiger partial charge is 0.338 e. The summed E-state index contributed by atoms with van der Waals surface area (Å²) in [4.78, 5) is 16.0. The van der Waals surface area contributed by atoms with E-state index in [1.807, 2.05) is 4.90 Å². The number of aryl methyl sites for hydroxylation is 1. The van der Waals surface area contributed by atoms with Gasteiger partial charge in [-0.1, -0.05) is 0 Å². The molecule has 1 aromatic heterocycles. The van der Waals surface area contributed by atoms with Crippen LogP contribution in [-0.2, 0) is 12.8 Å². The number of likely N-dealkylation sites (tertiary alicyclic amines) is 1. The molecular formula is C14H20N2OS. The molecule has 0 bridgehead atoms. The lowest BCUT2D eigenvalue weighted by atomic mass is 9.95. The molecule has 0 spiro atoms. The summed E-state index contributed by atoms with van der Waals surface area (Å²) in [7, 11) is 0. The highest BCUT2D eigenvalue weighted by atomic mass is 32.1. The van der Waals surface area contributed by atoms with Crippen molar-refractivity contribution >= 4 is 17.2 Å². The Morgan fingerprint density at radius 2 is 2.28 bits per heavy atom. The minimum absolute atomic E-state index is 0.241. The molecule has 1 unspecified atom stereocenters. The van der Waals surface area contributed by atoms with Gasteiger partial charge in [0.05, 0.1) is 5.56 Å². The second kappa shape index (κ2) is 5.02. The van der Waals surface area contributed by atoms with E-state index in [-0.39, 0.29) is 5.91 Å². The molecule has 2 aliphatic rings. The summed E-state index contributed by atoms with van der Waals surface area (Å²) in [6, 6.07) is 0. The number of hydrogen-bond donors (Lipinski definition) is 1. The molecule has 2 N–H and O–H groups in total. The van der Waals surface area contributed by atoms with Gasteiger partial charge in [-0.25, -0.2) is 0 Å². The van der Waals surface area contributed by atoms with Crippen molar-refractivity contribution in [3.05, 3.63) is 21.4 Å². The fraction of sp³-hybridized carbons (Fsp3) is 0.643. The third-order valence-corrected chi connectivity index (χ3v) is 5.29. The zero-order chi connectivity index (χ0) is 12.5. The molecule has 1 aliphatic carbocycles. The Morgan fingerprint density at radius 3 is 3.06 bits per heavy atom. The number of amides is 1. The molecule has 0 radical (unpaired) electrons. The standard InChI is InChI=1S/C14H20N2OS/c15-7-10-5-6-16(8-10)14(17)12-9-18-13-4-2-1-3-11(12)13/h9-10H,1-8,15H2. The van der Waals surface area contributed by atoms with Crippen LogP contribution in [0.5, 0.6) is 0 Å². The monoisotopic (exact) mass is 264 g/mol. The molecule has 1 aromatic rings. The molecule has 1 fully saturated rings. The van der Waals surface area contributed by atoms with E-state index < -0.39 is 0 Å². The van der Waals surface area contributed by atoms with Crippen LogP contribution < -0.4 is 5.73 Å². The number of carbonyl (C=O) groups is 1. The van der Waals surface area contributed by atoms with Crippen molar-refractivity contribution in [3.63, 3.8) is 0 Å². The Balaban J connectivity index is 1.78. The number of carbonyl (C=O) groups excluding carboxylic acids is 1. The third-order valence-electron chi connectivity index (χ3n) is 4.20. The average molecular weight is 264 g/mol. The van der Waals surface area contributed by atoms with E-state index in [9.17, 15) is 4.79 Å². The van der Waals surface area contributed by atoms with Crippen LogP contribution in [0.15, 0.2) is 5.38 Å². The average Bonchev–Trinajstić information content (AvgIpc) is 3.04. The van der Waals surface area contributed by atoms with Gasteiger partial charge in [0.2, 0.25) is 0 Å². The van der Waals surface area contributed by atoms with Gasteiger partial charge in [0, 0.05) is 23.3 Å². The summed E-state index contributed by atoms with van der Waals surface area (Å²) < 4.78 is 0. The summed E-state index contributed by atoms with van der Waals surface area (Å²) >= 11 is 1.77. The molecule has 1 amide bonds. The number of nitrogens with zero attached hydrogens (tertiary/aromatic N) is 1. The van der Waals surface area contributed by atoms with Crippen LogP contribution in [0, 0.1) is 5.92 Å². The predicted molar refractivity (Wildman–Crippen MR) is 74.0 cm³/mol. The van der Waals surface area contributed by atoms with Crippen LogP contribution >= 0.6 is 11.3 Å². The van der Waals surface area contributed by atoms with Crippen molar-refractivity contribution in [1.29, 1.82) is 0 Å². The maximum atomic E-state index is 12.5. The number of fused-ring (bicyclic) bond motifs is 1. The predicted octanol–water partition coefficient (Wildman–Crippen LogP) is 2.05. The van der Waals surface area contributed by atoms with Gasteiger partial charge >= 0.3 is 0 Å². The SMILES string of the molecule is NCC1CCN(C(=O)c2csc3c2CCCC3)C1. The summed E-state index contributed by atoms with van der Waals surface area (Å²) in [5.74, 6) is 0.744. The summed E-state index contributed by atoms with van der Waals surface area (Å²) in [6.07, 6.45) is 5.83. The van der Waals surface area contributed by atoms with E-state index in [1.165, 1.54) is 29.7 Å². The Hall–Kier alpha value is -0.870. The second-order valence-corrected chi connectivity index (χ2v) is 6.36. The molecule has 0 saturated carbocycles. The van der Waals surface area contributed by atoms with Crippen molar-refractivity contribution in [2.45, 2.75) is 32.1 Å². The molecule has 1 saturated heterocycles. The summed E-state index contributed by atoms with van der Waals surface area (Å²) in [5.41, 5.74) is 8.01. The second-order valence-electron chi connectivity index (χ2n) is 5.40. The highest BCUT2D eigenvalue weighted by Crippen LogP contribution is 2.31. The summed E-state index contributed by atoms with van der Waals surface area (Å²) in [6.45, 7) is 2.43. The van der Waals surface area contributed by atoms with Crippen LogP contribution in [0.4, 0.5) is 0 Å². The lowest BCUT2D eigenvalue weighted by molar-refractivity contribution is 0.0787. The van der Waals surface area contributed by atoms with Gasteiger partial charge in [-0.05, 0) is 50.1 Å². The van der Waals surface area contributed by atoms with E-state index >= 15 is 0 Å². The van der Waals surface area contributed by atoms with Gasteiger partial charge in [0.15, 0.2) is 0 Å². The van der Waals surface area contributed by atoms with E-state index in [4.69, 9.17) is 5.73 Å². The topological polar surface area (TPSA) is 46.3 Å². The van der Waals surface area contributed by atoms with Crippen LogP contribution in [0.25, 0.3) is 0 Å². The van der Waals surface area contributed by atoms with Gasteiger partial charge < -0.3 is 10.6 Å². The first-order chi connectivity index (χ1) is 8.79. The fourth-order valence-electron chi connectivity index (χ4n) is 3.05. The Labute approximate surface area is 112 Å². The van der Waals surface area contributed by atoms with E-state index in [2.05, 4.69) is 5.38 Å². The van der Waals surface area contributed by atoms with Gasteiger partial charge in [0.25, 0.3) is 5.91 Å². The first-order valence-corrected chi connectivity index (χ1v) is 7.76. The van der Waals surface area contributed by atoms with E-state index in [0.717, 1.165) is 31.5 Å². The van der Waals surface area contributed by atoms with Crippen molar-refractivity contribution in [2.75, 3.05) is 19.6 Å². The van der Waals surface area contributed by atoms with Gasteiger partial charge in [-0.2, -0.15) is 0 Å². The zero-order valence-electron chi connectivity index (χ0n) is 10.7. The van der Waals surface area contributed by atoms with Crippen LogP contribution in [0.3, 0.4) is 0 Å². The maximum absolute atomic E-state index is 12.5. The van der Waals surface area contributed by atoms with Gasteiger partial charge in [-0.15, -0.1) is 11.3 Å². The van der Waals surface area contributed by atoms with Crippen molar-refractivity contribution in [3.8, 4) is 0 Å². The molecule has 3 rings (SSSR count). The lowest BCUT2D eigenvalue weighted by Gasteiger charge is -2.18. The van der Waals surface area contributed by atoms with Crippen molar-refractivity contribution in [2.24, 2.45) is 11.7 Å². The first kappa shape index (κ1) is 12.2. The van der Waals surface area contributed by atoms with Crippen LogP contribution in [0.1, 0.15) is 40.1 Å². The molecule has 0 aromatic carbocycles. The highest BCUT2D eigenvalue weighted by molar-refractivity contribution is 7.10. The molecular weight excluding hydrogens is 244 g/mol. The normalized spacial score (nSPS) is 23.2. The number of rotatable bonds is 2. The fourth-order valence-corrected chi connectivity index (χ4v) is 4.17. The smallest absolute Gasteiger partial charge is 0.254 e. The Morgan fingerprint density at radius 1 is 1.44 bits per heavy atom. The number of nitrogens with two attached hydrogens (primary N) is 1. The Kier molecular flexibility index (Phi) is 3.39. The maximum Gasteiger partial charge on any atom is 0.254 e. The summed E-state index contributed by atoms with van der Waals surface area (Å²) in [5, 5.41) is 2.08. The minimum atomic E-state index is 0.241. The van der Waals surface area contributed by atoms with Gasteiger partial charge in [-0.3, -0.25) is 4.79 Å². The number of thiophene rings is 1. The molecule has 1 aliphatic heterocycles. The van der Waals surface area contributed by atoms with E-state index in [0.29, 0.717) is 12.5 Å². The first-order valence-electron chi connectivity index (χ1n) is 6.88. The molecule has 3 nitrogen and oxygen atoms in total. The van der Waals surface area contributed by atoms with Crippen molar-refractivity contribution < 1.29 is 4.79 Å². The van der Waals surface area contributed by atoms with Crippen LogP contribution in [0.2, 0.25) is 0 Å². The molecule has 4 heteroatoms. The quantitative estimate of drug-likeness (QED) is 0.888. The Bertz CT molecular complexity index is 455. The highest BCUT2D eigenvalue weighted by Gasteiger charge is 2.29. The molecule has 18 heavy (non-hydrogen) atoms. The lowest BCUT2D eigenvalue weighted by Crippen LogP contribution is -2.30. The zero-order valence-corrected chi connectivity index (χ0v) is 11.5. The minimum Gasteiger partial charge on any atom is -0.338 e. The van der Waals surface area contributed by atoms with Crippen LogP contribution in [-0.4, -0.2) is 30.4 Å². The molecule has 98 valence electrons. The van der Waals surface area contributed by atoms with Crippen molar-refractivity contribution in [1.82, 2.24) is 4.90 Å². The van der Waals surface area contributed by atoms with Gasteiger partial charge in [0.1, 0.15) is 0 Å². The van der Waals surface area contributed by atoms with E-state index in [1.54, 1.807) is 11.3 Å². The molecule has 1 atom stereocenters. The molecule has 2 heterocycles.